The van der Waals surface area contributed by atoms with E-state index in [0.717, 1.165) is 0 Å². The third-order valence-corrected chi connectivity index (χ3v) is 2.97. The van der Waals surface area contributed by atoms with Gasteiger partial charge in [0.2, 0.25) is 0 Å². The van der Waals surface area contributed by atoms with Crippen molar-refractivity contribution in [3.63, 3.8) is 0 Å². The van der Waals surface area contributed by atoms with E-state index in [0.29, 0.717) is 0 Å². The summed E-state index contributed by atoms with van der Waals surface area (Å²) in [6, 6.07) is 0. The second-order valence-corrected chi connectivity index (χ2v) is 4.79. The molecule has 3 saturated carbocycles. The molecule has 0 N–H and O–H groups in total. The van der Waals surface area contributed by atoms with Crippen LogP contribution in [0.15, 0.2) is 0 Å². The third-order valence-electron chi connectivity index (χ3n) is 2.97. The van der Waals surface area contributed by atoms with Crippen molar-refractivity contribution < 1.29 is 26.2 Å². The van der Waals surface area contributed by atoms with E-state index in [1.165, 1.54) is 32.1 Å². The number of hydrogen-bond donors (Lipinski definition) is 0. The minimum Gasteiger partial charge on any atom is -0.0654 e. The van der Waals surface area contributed by atoms with Crippen LogP contribution in [0.5, 0.6) is 0 Å². The summed E-state index contributed by atoms with van der Waals surface area (Å²) >= 11 is 0. The Balaban J connectivity index is 0.000000307. The first-order valence-electron chi connectivity index (χ1n) is 7.62. The van der Waals surface area contributed by atoms with Gasteiger partial charge in [-0.15, -0.1) is 0 Å². The van der Waals surface area contributed by atoms with Crippen molar-refractivity contribution in [3.8, 4) is 0 Å². The fourth-order valence-corrected chi connectivity index (χ4v) is 1.89. The monoisotopic (exact) mass is 356 g/mol. The minimum atomic E-state index is 0. The molecule has 0 heterocycles. The van der Waals surface area contributed by atoms with Crippen LogP contribution in [-0.4, -0.2) is 0 Å². The summed E-state index contributed by atoms with van der Waals surface area (Å²) in [5, 5.41) is 0. The van der Waals surface area contributed by atoms with E-state index >= 15 is 0 Å². The molecule has 0 aliphatic heterocycles. The summed E-state index contributed by atoms with van der Waals surface area (Å²) in [4.78, 5) is 0. The molecule has 0 nitrogen and oxygen atoms in total. The topological polar surface area (TPSA) is 0 Å². The molecule has 110 valence electrons. The quantitative estimate of drug-likeness (QED) is 0.607. The molecule has 3 fully saturated rings. The SMILES string of the molecule is CCC[CH][CH][C]1[CH]CCC1.[CH]1[CH][CH][CH][CH]1.[CH]1[CH][CH][CH][CH]1.[Zr]. The van der Waals surface area contributed by atoms with Gasteiger partial charge in [0.1, 0.15) is 0 Å². The molecule has 0 unspecified atom stereocenters. The Morgan fingerprint density at radius 3 is 1.67 bits per heavy atom. The predicted molar refractivity (Wildman–Crippen MR) is 87.9 cm³/mol. The zero-order chi connectivity index (χ0) is 14.3. The third kappa shape index (κ3) is 14.2. The Morgan fingerprint density at radius 1 is 0.857 bits per heavy atom. The maximum Gasteiger partial charge on any atom is 0 e. The van der Waals surface area contributed by atoms with Crippen molar-refractivity contribution in [1.82, 2.24) is 0 Å². The average molecular weight is 358 g/mol. The molecule has 0 aromatic heterocycles. The van der Waals surface area contributed by atoms with Crippen LogP contribution < -0.4 is 0 Å². The molecule has 3 rings (SSSR count). The molecule has 0 spiro atoms. The zero-order valence-corrected chi connectivity index (χ0v) is 15.5. The van der Waals surface area contributed by atoms with Gasteiger partial charge in [-0.1, -0.05) is 26.2 Å². The molecule has 3 aliphatic carbocycles. The Labute approximate surface area is 154 Å². The summed E-state index contributed by atoms with van der Waals surface area (Å²) in [6.07, 6.45) is 33.4. The van der Waals surface area contributed by atoms with Gasteiger partial charge in [-0.3, -0.25) is 0 Å². The normalized spacial score (nSPS) is 21.0. The van der Waals surface area contributed by atoms with Crippen LogP contribution in [0.1, 0.15) is 39.0 Å². The fraction of sp³-hybridized carbons (Fsp3) is 0.300. The van der Waals surface area contributed by atoms with Crippen LogP contribution in [0, 0.1) is 89.4 Å². The first kappa shape index (κ1) is 21.9. The summed E-state index contributed by atoms with van der Waals surface area (Å²) in [6.45, 7) is 2.22. The number of rotatable bonds is 4. The second-order valence-electron chi connectivity index (χ2n) is 4.79. The Bertz CT molecular complexity index is 151. The van der Waals surface area contributed by atoms with E-state index in [1.54, 1.807) is 5.92 Å². The van der Waals surface area contributed by atoms with E-state index in [9.17, 15) is 0 Å². The van der Waals surface area contributed by atoms with Crippen LogP contribution in [0.4, 0.5) is 0 Å². The Hall–Kier alpha value is 0.883. The smallest absolute Gasteiger partial charge is 0 e. The van der Waals surface area contributed by atoms with Gasteiger partial charge in [-0.05, 0) is 102 Å². The summed E-state index contributed by atoms with van der Waals surface area (Å²) in [5.41, 5.74) is 0. The second kappa shape index (κ2) is 17.2. The first-order chi connectivity index (χ1) is 9.93. The summed E-state index contributed by atoms with van der Waals surface area (Å²) in [5.74, 6) is 1.55. The Kier molecular flexibility index (Phi) is 18.0. The van der Waals surface area contributed by atoms with Crippen molar-refractivity contribution >= 4 is 0 Å². The van der Waals surface area contributed by atoms with Gasteiger partial charge in [0.25, 0.3) is 0 Å². The zero-order valence-electron chi connectivity index (χ0n) is 13.0. The van der Waals surface area contributed by atoms with Gasteiger partial charge < -0.3 is 0 Å². The van der Waals surface area contributed by atoms with Gasteiger partial charge in [0.15, 0.2) is 0 Å². The van der Waals surface area contributed by atoms with Crippen LogP contribution in [-0.2, 0) is 26.2 Å². The molecular weight excluding hydrogens is 331 g/mol. The van der Waals surface area contributed by atoms with Crippen molar-refractivity contribution in [2.24, 2.45) is 0 Å². The van der Waals surface area contributed by atoms with Crippen molar-refractivity contribution in [1.29, 1.82) is 0 Å². The molecule has 0 bridgehead atoms. The van der Waals surface area contributed by atoms with Crippen molar-refractivity contribution in [2.45, 2.75) is 39.0 Å². The van der Waals surface area contributed by atoms with Gasteiger partial charge in [0.05, 0.1) is 0 Å². The van der Waals surface area contributed by atoms with Crippen LogP contribution in [0.2, 0.25) is 0 Å². The predicted octanol–water partition coefficient (Wildman–Crippen LogP) is 5.20. The summed E-state index contributed by atoms with van der Waals surface area (Å²) in [7, 11) is 0. The molecule has 21 heavy (non-hydrogen) atoms. The molecule has 0 amide bonds. The first-order valence-corrected chi connectivity index (χ1v) is 7.62. The van der Waals surface area contributed by atoms with Crippen molar-refractivity contribution in [3.05, 3.63) is 89.4 Å². The van der Waals surface area contributed by atoms with Crippen LogP contribution >= 0.6 is 0 Å². The average Bonchev–Trinajstić information content (AvgIpc) is 3.24. The number of hydrogen-bond acceptors (Lipinski definition) is 0. The maximum absolute atomic E-state index is 2.35. The van der Waals surface area contributed by atoms with Gasteiger partial charge in [-0.25, -0.2) is 0 Å². The molecule has 3 aliphatic rings. The molecule has 14 radical (unpaired) electrons. The van der Waals surface area contributed by atoms with Crippen molar-refractivity contribution in [2.75, 3.05) is 0 Å². The molecule has 0 saturated heterocycles. The molecule has 1 heteroatoms. The van der Waals surface area contributed by atoms with E-state index in [1.807, 2.05) is 64.2 Å². The van der Waals surface area contributed by atoms with E-state index < -0.39 is 0 Å². The molecular formula is C20H26Zr. The molecule has 0 aromatic rings. The minimum absolute atomic E-state index is 0. The van der Waals surface area contributed by atoms with Gasteiger partial charge in [0, 0.05) is 26.2 Å². The van der Waals surface area contributed by atoms with Crippen LogP contribution in [0.25, 0.3) is 0 Å². The molecule has 0 aromatic carbocycles. The number of unbranched alkanes of at least 4 members (excludes halogenated alkanes) is 2. The van der Waals surface area contributed by atoms with Gasteiger partial charge >= 0.3 is 0 Å². The van der Waals surface area contributed by atoms with E-state index in [4.69, 9.17) is 0 Å². The van der Waals surface area contributed by atoms with E-state index in [-0.39, 0.29) is 26.2 Å². The standard InChI is InChI=1S/C10H16.2C5H5.Zr/c1-2-3-4-7-10-8-5-6-9-10;2*1-2-4-5-3-1;/h4,7-8H,2-3,5-6,9H2,1H3;2*1-5H;. The Morgan fingerprint density at radius 2 is 1.33 bits per heavy atom. The largest absolute Gasteiger partial charge is 0.0654 e. The van der Waals surface area contributed by atoms with Gasteiger partial charge in [-0.2, -0.15) is 0 Å². The molecule has 0 atom stereocenters. The summed E-state index contributed by atoms with van der Waals surface area (Å²) < 4.78 is 0. The van der Waals surface area contributed by atoms with Crippen LogP contribution in [0.3, 0.4) is 0 Å². The fourth-order valence-electron chi connectivity index (χ4n) is 1.89. The van der Waals surface area contributed by atoms with E-state index in [2.05, 4.69) is 26.2 Å². The maximum atomic E-state index is 2.35.